The normalized spacial score (nSPS) is 11.6. The summed E-state index contributed by atoms with van der Waals surface area (Å²) in [5, 5.41) is 14.2. The number of nitrogens with zero attached hydrogens (tertiary/aromatic N) is 1. The summed E-state index contributed by atoms with van der Waals surface area (Å²) in [5.41, 5.74) is 3.32. The molecule has 212 valence electrons. The Bertz CT molecular complexity index is 1760. The Labute approximate surface area is 245 Å². The lowest BCUT2D eigenvalue weighted by molar-refractivity contribution is -0.308. The van der Waals surface area contributed by atoms with Gasteiger partial charge in [0.25, 0.3) is 0 Å². The quantitative estimate of drug-likeness (QED) is 0.227. The van der Waals surface area contributed by atoms with Gasteiger partial charge in [-0.25, -0.2) is 0 Å². The number of benzene rings is 4. The van der Waals surface area contributed by atoms with Gasteiger partial charge in [-0.2, -0.15) is 0 Å². The third-order valence-corrected chi connectivity index (χ3v) is 7.68. The molecule has 0 spiro atoms. The minimum absolute atomic E-state index is 0.0637. The number of hydrogen-bond donors (Lipinski definition) is 1. The van der Waals surface area contributed by atoms with E-state index in [0.29, 0.717) is 29.0 Å². The van der Waals surface area contributed by atoms with Crippen LogP contribution in [0.2, 0.25) is 0 Å². The predicted molar refractivity (Wildman–Crippen MR) is 159 cm³/mol. The molecule has 0 aliphatic heterocycles. The molecule has 5 aromatic rings. The summed E-state index contributed by atoms with van der Waals surface area (Å²) in [5.74, 6) is -1.30. The highest BCUT2D eigenvalue weighted by Crippen LogP contribution is 2.21. The maximum Gasteiger partial charge on any atom is 0.308 e. The van der Waals surface area contributed by atoms with Crippen molar-refractivity contribution in [1.29, 1.82) is 0 Å². The van der Waals surface area contributed by atoms with E-state index in [2.05, 4.69) is 5.32 Å². The Morgan fingerprint density at radius 2 is 1.52 bits per heavy atom. The Kier molecular flexibility index (Phi) is 8.89. The molecule has 1 aromatic heterocycles. The Morgan fingerprint density at radius 1 is 0.833 bits per heavy atom. The van der Waals surface area contributed by atoms with Crippen molar-refractivity contribution in [2.45, 2.75) is 25.4 Å². The first-order valence-electron chi connectivity index (χ1n) is 13.4. The van der Waals surface area contributed by atoms with E-state index in [1.54, 1.807) is 71.3 Å². The van der Waals surface area contributed by atoms with Crippen molar-refractivity contribution in [3.8, 4) is 5.75 Å². The monoisotopic (exact) mass is 579 g/mol. The number of ether oxygens (including phenoxy) is 1. The molecule has 4 aromatic carbocycles. The minimum Gasteiger partial charge on any atom is -0.548 e. The molecule has 1 atom stereocenters. The van der Waals surface area contributed by atoms with Gasteiger partial charge in [0.2, 0.25) is 5.91 Å². The molecule has 0 radical (unpaired) electrons. The van der Waals surface area contributed by atoms with Gasteiger partial charge in [0.1, 0.15) is 12.4 Å². The van der Waals surface area contributed by atoms with Gasteiger partial charge in [-0.1, -0.05) is 84.1 Å². The summed E-state index contributed by atoms with van der Waals surface area (Å²) in [6, 6.07) is 29.0. The molecule has 1 heterocycles. The number of hydrogen-bond acceptors (Lipinski definition) is 7. The van der Waals surface area contributed by atoms with Gasteiger partial charge in [-0.05, 0) is 47.9 Å². The van der Waals surface area contributed by atoms with E-state index in [1.165, 1.54) is 0 Å². The van der Waals surface area contributed by atoms with E-state index in [4.69, 9.17) is 4.74 Å². The number of ketones is 1. The number of carboxylic acids is 1. The van der Waals surface area contributed by atoms with Crippen molar-refractivity contribution in [2.75, 3.05) is 6.61 Å². The fourth-order valence-corrected chi connectivity index (χ4v) is 5.56. The van der Waals surface area contributed by atoms with Gasteiger partial charge in [-0.3, -0.25) is 19.0 Å². The summed E-state index contributed by atoms with van der Waals surface area (Å²) in [6.07, 6.45) is 0.140. The number of nitrogens with one attached hydrogen (secondary N) is 1. The van der Waals surface area contributed by atoms with E-state index in [9.17, 15) is 24.3 Å². The van der Waals surface area contributed by atoms with Crippen molar-refractivity contribution in [1.82, 2.24) is 9.88 Å². The van der Waals surface area contributed by atoms with Gasteiger partial charge in [-0.15, -0.1) is 0 Å². The first kappa shape index (κ1) is 28.5. The van der Waals surface area contributed by atoms with Crippen LogP contribution >= 0.6 is 11.3 Å². The smallest absolute Gasteiger partial charge is 0.308 e. The Morgan fingerprint density at radius 3 is 2.21 bits per heavy atom. The molecule has 1 N–H and O–H groups in total. The van der Waals surface area contributed by atoms with Crippen LogP contribution in [-0.4, -0.2) is 34.9 Å². The average Bonchev–Trinajstić information content (AvgIpc) is 3.32. The molecular formula is C33H27N2O6S-. The van der Waals surface area contributed by atoms with Crippen LogP contribution < -0.4 is 20.0 Å². The maximum absolute atomic E-state index is 12.8. The number of rotatable bonds is 12. The number of carbonyl (C=O) groups is 3. The van der Waals surface area contributed by atoms with Crippen molar-refractivity contribution >= 4 is 39.2 Å². The fourth-order valence-electron chi connectivity index (χ4n) is 4.61. The lowest BCUT2D eigenvalue weighted by Gasteiger charge is -2.20. The molecule has 5 rings (SSSR count). The van der Waals surface area contributed by atoms with Gasteiger partial charge in [0, 0.05) is 11.1 Å². The molecule has 0 aliphatic carbocycles. The third kappa shape index (κ3) is 7.00. The van der Waals surface area contributed by atoms with Crippen molar-refractivity contribution in [3.63, 3.8) is 0 Å². The van der Waals surface area contributed by atoms with Gasteiger partial charge in [0.05, 0.1) is 35.2 Å². The highest BCUT2D eigenvalue weighted by molar-refractivity contribution is 7.16. The number of amides is 1. The van der Waals surface area contributed by atoms with Crippen LogP contribution in [0.5, 0.6) is 5.75 Å². The van der Waals surface area contributed by atoms with E-state index in [0.717, 1.165) is 27.1 Å². The van der Waals surface area contributed by atoms with E-state index in [1.807, 2.05) is 36.4 Å². The standard InChI is InChI=1S/C33H28N2O6S/c36-30(20-22-7-3-1-4-8-22)34-27(32(38)39)19-23-11-14-26(15-12-23)41-18-17-35-28-16-13-25(21-29(28)42-33(35)40)31(37)24-9-5-2-6-10-24/h1-16,21,27H,17-20H2,(H,34,36)(H,38,39)/p-1. The largest absolute Gasteiger partial charge is 0.548 e. The second-order valence-electron chi connectivity index (χ2n) is 9.70. The summed E-state index contributed by atoms with van der Waals surface area (Å²) in [4.78, 5) is 49.3. The second kappa shape index (κ2) is 13.1. The van der Waals surface area contributed by atoms with Crippen LogP contribution in [-0.2, 0) is 29.0 Å². The number of carboxylic acid groups (broad SMARTS) is 1. The molecule has 1 amide bonds. The number of aromatic nitrogens is 1. The molecule has 8 nitrogen and oxygen atoms in total. The topological polar surface area (TPSA) is 118 Å². The Hall–Kier alpha value is -5.02. The molecule has 42 heavy (non-hydrogen) atoms. The lowest BCUT2D eigenvalue weighted by Crippen LogP contribution is -2.49. The molecule has 0 saturated carbocycles. The third-order valence-electron chi connectivity index (χ3n) is 6.74. The second-order valence-corrected chi connectivity index (χ2v) is 10.7. The van der Waals surface area contributed by atoms with Crippen molar-refractivity contribution in [2.24, 2.45) is 0 Å². The average molecular weight is 580 g/mol. The first-order chi connectivity index (χ1) is 20.4. The van der Waals surface area contributed by atoms with Crippen LogP contribution in [0.1, 0.15) is 27.0 Å². The highest BCUT2D eigenvalue weighted by atomic mass is 32.1. The summed E-state index contributed by atoms with van der Waals surface area (Å²) in [7, 11) is 0. The van der Waals surface area contributed by atoms with Crippen LogP contribution in [0, 0.1) is 0 Å². The van der Waals surface area contributed by atoms with E-state index in [-0.39, 0.29) is 30.1 Å². The van der Waals surface area contributed by atoms with Crippen molar-refractivity contribution in [3.05, 3.63) is 135 Å². The van der Waals surface area contributed by atoms with Crippen LogP contribution in [0.25, 0.3) is 10.2 Å². The highest BCUT2D eigenvalue weighted by Gasteiger charge is 2.16. The predicted octanol–water partition coefficient (Wildman–Crippen LogP) is 3.39. The number of carbonyl (C=O) groups excluding carboxylic acids is 3. The van der Waals surface area contributed by atoms with Crippen LogP contribution in [0.15, 0.2) is 108 Å². The molecule has 0 aliphatic rings. The minimum atomic E-state index is -1.36. The zero-order chi connectivity index (χ0) is 29.5. The van der Waals surface area contributed by atoms with Crippen LogP contribution in [0.4, 0.5) is 0 Å². The summed E-state index contributed by atoms with van der Waals surface area (Å²) in [6.45, 7) is 0.541. The number of aliphatic carboxylic acids is 1. The van der Waals surface area contributed by atoms with E-state index >= 15 is 0 Å². The summed E-state index contributed by atoms with van der Waals surface area (Å²) < 4.78 is 8.18. The molecule has 1 unspecified atom stereocenters. The molecule has 0 saturated heterocycles. The van der Waals surface area contributed by atoms with E-state index < -0.39 is 17.9 Å². The fraction of sp³-hybridized carbons (Fsp3) is 0.152. The van der Waals surface area contributed by atoms with Crippen LogP contribution in [0.3, 0.4) is 0 Å². The zero-order valence-corrected chi connectivity index (χ0v) is 23.3. The molecule has 0 bridgehead atoms. The molecule has 9 heteroatoms. The maximum atomic E-state index is 12.8. The molecular weight excluding hydrogens is 552 g/mol. The number of fused-ring (bicyclic) bond motifs is 1. The zero-order valence-electron chi connectivity index (χ0n) is 22.5. The summed E-state index contributed by atoms with van der Waals surface area (Å²) >= 11 is 1.08. The Balaban J connectivity index is 1.16. The van der Waals surface area contributed by atoms with Crippen molar-refractivity contribution < 1.29 is 24.2 Å². The SMILES string of the molecule is O=C(Cc1ccccc1)NC(Cc1ccc(OCCn2c(=O)sc3cc(C(=O)c4ccccc4)ccc32)cc1)C(=O)[O-]. The lowest BCUT2D eigenvalue weighted by atomic mass is 10.0. The van der Waals surface area contributed by atoms with Gasteiger partial charge in [0.15, 0.2) is 5.78 Å². The van der Waals surface area contributed by atoms with Gasteiger partial charge < -0.3 is 20.0 Å². The molecule has 0 fully saturated rings. The van der Waals surface area contributed by atoms with Gasteiger partial charge >= 0.3 is 4.87 Å². The first-order valence-corrected chi connectivity index (χ1v) is 14.2. The number of thiazole rings is 1.